The SMILES string of the molecule is CCOC(=O)c1ccc(CNC(=NC)N2CCC(OCC)CC2)cc1.I. The number of aliphatic imine (C=N–C) groups is 1. The highest BCUT2D eigenvalue weighted by Crippen LogP contribution is 2.14. The predicted octanol–water partition coefficient (Wildman–Crippen LogP) is 3.06. The molecule has 0 unspecified atom stereocenters. The van der Waals surface area contributed by atoms with Gasteiger partial charge in [-0.25, -0.2) is 4.79 Å². The van der Waals surface area contributed by atoms with Crippen LogP contribution in [0.2, 0.25) is 0 Å². The molecule has 0 bridgehead atoms. The molecule has 1 N–H and O–H groups in total. The number of piperidine rings is 1. The van der Waals surface area contributed by atoms with Crippen molar-refractivity contribution in [3.63, 3.8) is 0 Å². The zero-order chi connectivity index (χ0) is 18.1. The molecular weight excluding hydrogens is 445 g/mol. The van der Waals surface area contributed by atoms with Gasteiger partial charge in [-0.3, -0.25) is 4.99 Å². The van der Waals surface area contributed by atoms with Crippen molar-refractivity contribution >= 4 is 35.9 Å². The minimum atomic E-state index is -0.282. The Morgan fingerprint density at radius 2 is 1.85 bits per heavy atom. The maximum absolute atomic E-state index is 11.7. The first-order valence-corrected chi connectivity index (χ1v) is 9.01. The molecule has 0 aromatic heterocycles. The second-order valence-corrected chi connectivity index (χ2v) is 5.96. The van der Waals surface area contributed by atoms with Crippen molar-refractivity contribution in [1.82, 2.24) is 10.2 Å². The second kappa shape index (κ2) is 12.1. The van der Waals surface area contributed by atoms with E-state index in [1.165, 1.54) is 0 Å². The Hall–Kier alpha value is -1.35. The van der Waals surface area contributed by atoms with Gasteiger partial charge in [-0.15, -0.1) is 24.0 Å². The van der Waals surface area contributed by atoms with Crippen LogP contribution >= 0.6 is 24.0 Å². The van der Waals surface area contributed by atoms with E-state index in [-0.39, 0.29) is 29.9 Å². The Balaban J connectivity index is 0.00000338. The summed E-state index contributed by atoms with van der Waals surface area (Å²) >= 11 is 0. The number of halogens is 1. The molecule has 0 spiro atoms. The minimum absolute atomic E-state index is 0. The number of hydrogen-bond acceptors (Lipinski definition) is 4. The van der Waals surface area contributed by atoms with Crippen LogP contribution in [0.3, 0.4) is 0 Å². The van der Waals surface area contributed by atoms with Crippen LogP contribution in [0, 0.1) is 0 Å². The summed E-state index contributed by atoms with van der Waals surface area (Å²) in [6, 6.07) is 7.47. The summed E-state index contributed by atoms with van der Waals surface area (Å²) in [7, 11) is 1.81. The summed E-state index contributed by atoms with van der Waals surface area (Å²) < 4.78 is 10.7. The van der Waals surface area contributed by atoms with Crippen LogP contribution in [-0.2, 0) is 16.0 Å². The highest BCUT2D eigenvalue weighted by atomic mass is 127. The van der Waals surface area contributed by atoms with E-state index in [9.17, 15) is 4.79 Å². The van der Waals surface area contributed by atoms with Gasteiger partial charge in [-0.05, 0) is 44.4 Å². The summed E-state index contributed by atoms with van der Waals surface area (Å²) in [6.07, 6.45) is 2.43. The number of likely N-dealkylation sites (tertiary alicyclic amines) is 1. The van der Waals surface area contributed by atoms with Crippen LogP contribution in [0.5, 0.6) is 0 Å². The highest BCUT2D eigenvalue weighted by molar-refractivity contribution is 14.0. The maximum atomic E-state index is 11.7. The lowest BCUT2D eigenvalue weighted by Crippen LogP contribution is -2.46. The molecule has 2 rings (SSSR count). The van der Waals surface area contributed by atoms with E-state index in [0.717, 1.165) is 44.1 Å². The molecule has 0 radical (unpaired) electrons. The fraction of sp³-hybridized carbons (Fsp3) is 0.579. The molecule has 1 aromatic rings. The Kier molecular flexibility index (Phi) is 10.6. The van der Waals surface area contributed by atoms with Gasteiger partial charge in [0.2, 0.25) is 0 Å². The second-order valence-electron chi connectivity index (χ2n) is 5.96. The van der Waals surface area contributed by atoms with Crippen LogP contribution in [0.1, 0.15) is 42.6 Å². The molecule has 1 aliphatic rings. The van der Waals surface area contributed by atoms with Gasteiger partial charge >= 0.3 is 5.97 Å². The van der Waals surface area contributed by atoms with Crippen molar-refractivity contribution in [2.24, 2.45) is 4.99 Å². The summed E-state index contributed by atoms with van der Waals surface area (Å²) in [6.45, 7) is 7.58. The third kappa shape index (κ3) is 6.75. The van der Waals surface area contributed by atoms with Gasteiger partial charge in [0.1, 0.15) is 0 Å². The number of carbonyl (C=O) groups excluding carboxylic acids is 1. The van der Waals surface area contributed by atoms with Crippen LogP contribution in [-0.4, -0.2) is 56.3 Å². The predicted molar refractivity (Wildman–Crippen MR) is 114 cm³/mol. The molecule has 0 aliphatic carbocycles. The molecule has 0 amide bonds. The number of hydrogen-bond donors (Lipinski definition) is 1. The molecule has 1 aliphatic heterocycles. The lowest BCUT2D eigenvalue weighted by molar-refractivity contribution is 0.0263. The molecule has 26 heavy (non-hydrogen) atoms. The number of carbonyl (C=O) groups is 1. The van der Waals surface area contributed by atoms with Gasteiger partial charge in [0.05, 0.1) is 18.3 Å². The average molecular weight is 475 g/mol. The van der Waals surface area contributed by atoms with Crippen molar-refractivity contribution in [2.75, 3.05) is 33.4 Å². The zero-order valence-corrected chi connectivity index (χ0v) is 18.2. The molecule has 0 atom stereocenters. The largest absolute Gasteiger partial charge is 0.462 e. The van der Waals surface area contributed by atoms with E-state index in [2.05, 4.69) is 15.2 Å². The molecule has 1 saturated heterocycles. The minimum Gasteiger partial charge on any atom is -0.462 e. The van der Waals surface area contributed by atoms with Gasteiger partial charge in [0.15, 0.2) is 5.96 Å². The van der Waals surface area contributed by atoms with Crippen LogP contribution in [0.25, 0.3) is 0 Å². The zero-order valence-electron chi connectivity index (χ0n) is 15.9. The van der Waals surface area contributed by atoms with E-state index in [4.69, 9.17) is 9.47 Å². The molecule has 0 saturated carbocycles. The van der Waals surface area contributed by atoms with E-state index in [1.807, 2.05) is 19.1 Å². The van der Waals surface area contributed by atoms with Crippen molar-refractivity contribution < 1.29 is 14.3 Å². The number of benzene rings is 1. The fourth-order valence-electron chi connectivity index (χ4n) is 2.96. The summed E-state index contributed by atoms with van der Waals surface area (Å²) in [4.78, 5) is 18.3. The smallest absolute Gasteiger partial charge is 0.338 e. The monoisotopic (exact) mass is 475 g/mol. The first kappa shape index (κ1) is 22.7. The van der Waals surface area contributed by atoms with Crippen molar-refractivity contribution in [1.29, 1.82) is 0 Å². The van der Waals surface area contributed by atoms with Crippen LogP contribution < -0.4 is 5.32 Å². The molecule has 7 heteroatoms. The summed E-state index contributed by atoms with van der Waals surface area (Å²) in [5.41, 5.74) is 1.67. The molecule has 1 fully saturated rings. The van der Waals surface area contributed by atoms with Gasteiger partial charge in [0.25, 0.3) is 0 Å². The Bertz CT molecular complexity index is 570. The van der Waals surface area contributed by atoms with E-state index in [0.29, 0.717) is 24.8 Å². The van der Waals surface area contributed by atoms with Crippen molar-refractivity contribution in [2.45, 2.75) is 39.3 Å². The quantitative estimate of drug-likeness (QED) is 0.297. The van der Waals surface area contributed by atoms with E-state index >= 15 is 0 Å². The van der Waals surface area contributed by atoms with Crippen LogP contribution in [0.4, 0.5) is 0 Å². The molecule has 6 nitrogen and oxygen atoms in total. The summed E-state index contributed by atoms with van der Waals surface area (Å²) in [5, 5.41) is 3.40. The van der Waals surface area contributed by atoms with Gasteiger partial charge < -0.3 is 19.7 Å². The van der Waals surface area contributed by atoms with Gasteiger partial charge in [-0.2, -0.15) is 0 Å². The van der Waals surface area contributed by atoms with Crippen molar-refractivity contribution in [3.05, 3.63) is 35.4 Å². The number of esters is 1. The van der Waals surface area contributed by atoms with Crippen LogP contribution in [0.15, 0.2) is 29.3 Å². The number of nitrogens with one attached hydrogen (secondary N) is 1. The number of nitrogens with zero attached hydrogens (tertiary/aromatic N) is 2. The van der Waals surface area contributed by atoms with Gasteiger partial charge in [-0.1, -0.05) is 12.1 Å². The lowest BCUT2D eigenvalue weighted by Gasteiger charge is -2.34. The van der Waals surface area contributed by atoms with Crippen molar-refractivity contribution in [3.8, 4) is 0 Å². The Labute approximate surface area is 173 Å². The molecular formula is C19H30IN3O3. The van der Waals surface area contributed by atoms with E-state index in [1.54, 1.807) is 26.1 Å². The average Bonchev–Trinajstić information content (AvgIpc) is 2.64. The number of guanidine groups is 1. The normalized spacial score (nSPS) is 15.3. The molecule has 146 valence electrons. The highest BCUT2D eigenvalue weighted by Gasteiger charge is 2.21. The lowest BCUT2D eigenvalue weighted by atomic mass is 10.1. The third-order valence-corrected chi connectivity index (χ3v) is 4.27. The number of ether oxygens (including phenoxy) is 2. The standard InChI is InChI=1S/C19H29N3O3.HI/c1-4-24-17-10-12-22(13-11-17)19(20-3)21-14-15-6-8-16(9-7-15)18(23)25-5-2;/h6-9,17H,4-5,10-14H2,1-3H3,(H,20,21);1H. The Morgan fingerprint density at radius 1 is 1.19 bits per heavy atom. The Morgan fingerprint density at radius 3 is 2.38 bits per heavy atom. The molecule has 1 heterocycles. The third-order valence-electron chi connectivity index (χ3n) is 4.27. The first-order valence-electron chi connectivity index (χ1n) is 9.01. The topological polar surface area (TPSA) is 63.2 Å². The van der Waals surface area contributed by atoms with Gasteiger partial charge in [0, 0.05) is 33.3 Å². The fourth-order valence-corrected chi connectivity index (χ4v) is 2.96. The first-order chi connectivity index (χ1) is 12.2. The van der Waals surface area contributed by atoms with E-state index < -0.39 is 0 Å². The maximum Gasteiger partial charge on any atom is 0.338 e. The summed E-state index contributed by atoms with van der Waals surface area (Å²) in [5.74, 6) is 0.624. The number of rotatable bonds is 6. The molecule has 1 aromatic carbocycles.